The standard InChI is InChI=1S/C12H15BrF2N2O2/c1-19-4-2-3-16-12(18)7-17-11-6-9(14)8(13)5-10(11)15/h5-6,17H,2-4,7H2,1H3,(H,16,18). The first-order chi connectivity index (χ1) is 9.04. The molecule has 0 aromatic heterocycles. The number of nitrogens with one attached hydrogen (secondary N) is 2. The number of methoxy groups -OCH3 is 1. The van der Waals surface area contributed by atoms with E-state index in [0.29, 0.717) is 19.6 Å². The van der Waals surface area contributed by atoms with E-state index in [0.717, 1.165) is 12.1 Å². The van der Waals surface area contributed by atoms with Crippen LogP contribution in [-0.2, 0) is 9.53 Å². The molecule has 0 fully saturated rings. The second kappa shape index (κ2) is 8.06. The lowest BCUT2D eigenvalue weighted by Gasteiger charge is -2.09. The summed E-state index contributed by atoms with van der Waals surface area (Å²) in [5.41, 5.74) is -0.0484. The van der Waals surface area contributed by atoms with E-state index in [1.165, 1.54) is 0 Å². The van der Waals surface area contributed by atoms with Crippen molar-refractivity contribution in [1.29, 1.82) is 0 Å². The number of carbonyl (C=O) groups is 1. The topological polar surface area (TPSA) is 50.4 Å². The van der Waals surface area contributed by atoms with E-state index in [4.69, 9.17) is 4.74 Å². The van der Waals surface area contributed by atoms with Crippen LogP contribution in [0.5, 0.6) is 0 Å². The molecule has 0 saturated carbocycles. The van der Waals surface area contributed by atoms with Crippen molar-refractivity contribution in [2.24, 2.45) is 0 Å². The number of ether oxygens (including phenoxy) is 1. The van der Waals surface area contributed by atoms with Crippen molar-refractivity contribution in [3.8, 4) is 0 Å². The fourth-order valence-corrected chi connectivity index (χ4v) is 1.66. The van der Waals surface area contributed by atoms with Gasteiger partial charge in [-0.1, -0.05) is 0 Å². The minimum atomic E-state index is -0.625. The first kappa shape index (κ1) is 15.8. The number of rotatable bonds is 7. The van der Waals surface area contributed by atoms with Gasteiger partial charge in [0.15, 0.2) is 0 Å². The highest BCUT2D eigenvalue weighted by atomic mass is 79.9. The van der Waals surface area contributed by atoms with Crippen LogP contribution >= 0.6 is 15.9 Å². The van der Waals surface area contributed by atoms with Gasteiger partial charge in [-0.15, -0.1) is 0 Å². The van der Waals surface area contributed by atoms with Crippen molar-refractivity contribution in [3.63, 3.8) is 0 Å². The van der Waals surface area contributed by atoms with Crippen molar-refractivity contribution >= 4 is 27.5 Å². The Labute approximate surface area is 118 Å². The minimum absolute atomic E-state index is 0.0413. The van der Waals surface area contributed by atoms with Crippen LogP contribution in [0.25, 0.3) is 0 Å². The molecule has 1 rings (SSSR count). The molecule has 106 valence electrons. The molecule has 0 aliphatic heterocycles. The normalized spacial score (nSPS) is 10.3. The van der Waals surface area contributed by atoms with E-state index in [2.05, 4.69) is 26.6 Å². The highest BCUT2D eigenvalue weighted by Crippen LogP contribution is 2.22. The molecule has 1 amide bonds. The van der Waals surface area contributed by atoms with Gasteiger partial charge in [-0.05, 0) is 28.4 Å². The molecule has 1 aromatic rings. The predicted molar refractivity (Wildman–Crippen MR) is 72.1 cm³/mol. The molecule has 0 bridgehead atoms. The van der Waals surface area contributed by atoms with Crippen LogP contribution in [0.4, 0.5) is 14.5 Å². The second-order valence-electron chi connectivity index (χ2n) is 3.80. The van der Waals surface area contributed by atoms with Crippen LogP contribution in [0.1, 0.15) is 6.42 Å². The second-order valence-corrected chi connectivity index (χ2v) is 4.65. The summed E-state index contributed by atoms with van der Waals surface area (Å²) < 4.78 is 31.5. The van der Waals surface area contributed by atoms with E-state index in [1.54, 1.807) is 7.11 Å². The molecule has 4 nitrogen and oxygen atoms in total. The highest BCUT2D eigenvalue weighted by molar-refractivity contribution is 9.10. The van der Waals surface area contributed by atoms with Crippen molar-refractivity contribution < 1.29 is 18.3 Å². The van der Waals surface area contributed by atoms with Crippen LogP contribution in [0.15, 0.2) is 16.6 Å². The van der Waals surface area contributed by atoms with Gasteiger partial charge in [-0.25, -0.2) is 8.78 Å². The Balaban J connectivity index is 2.40. The molecule has 0 saturated heterocycles. The summed E-state index contributed by atoms with van der Waals surface area (Å²) in [6, 6.07) is 2.01. The molecule has 7 heteroatoms. The third kappa shape index (κ3) is 5.52. The molecular weight excluding hydrogens is 322 g/mol. The van der Waals surface area contributed by atoms with Gasteiger partial charge in [-0.2, -0.15) is 0 Å². The monoisotopic (exact) mass is 336 g/mol. The van der Waals surface area contributed by atoms with E-state index in [9.17, 15) is 13.6 Å². The molecule has 0 unspecified atom stereocenters. The lowest BCUT2D eigenvalue weighted by atomic mass is 10.3. The molecule has 0 aliphatic carbocycles. The molecule has 0 atom stereocenters. The van der Waals surface area contributed by atoms with Crippen molar-refractivity contribution in [2.45, 2.75) is 6.42 Å². The zero-order valence-electron chi connectivity index (χ0n) is 10.4. The highest BCUT2D eigenvalue weighted by Gasteiger charge is 2.09. The average Bonchev–Trinajstić information content (AvgIpc) is 2.37. The average molecular weight is 337 g/mol. The third-order valence-electron chi connectivity index (χ3n) is 2.30. The fraction of sp³-hybridized carbons (Fsp3) is 0.417. The molecule has 0 aliphatic rings. The van der Waals surface area contributed by atoms with Gasteiger partial charge < -0.3 is 15.4 Å². The summed E-state index contributed by atoms with van der Waals surface area (Å²) in [5.74, 6) is -1.51. The first-order valence-corrected chi connectivity index (χ1v) is 6.48. The maximum atomic E-state index is 13.4. The van der Waals surface area contributed by atoms with E-state index in [1.807, 2.05) is 0 Å². The van der Waals surface area contributed by atoms with E-state index < -0.39 is 11.6 Å². The molecule has 2 N–H and O–H groups in total. The lowest BCUT2D eigenvalue weighted by Crippen LogP contribution is -2.31. The Kier molecular flexibility index (Phi) is 6.72. The number of hydrogen-bond donors (Lipinski definition) is 2. The van der Waals surface area contributed by atoms with Crippen molar-refractivity contribution in [2.75, 3.05) is 32.1 Å². The Bertz CT molecular complexity index is 444. The van der Waals surface area contributed by atoms with E-state index in [-0.39, 0.29) is 22.6 Å². The summed E-state index contributed by atoms with van der Waals surface area (Å²) >= 11 is 2.88. The predicted octanol–water partition coefficient (Wildman–Crippen LogP) is 2.29. The molecular formula is C12H15BrF2N2O2. The van der Waals surface area contributed by atoms with Crippen LogP contribution in [-0.4, -0.2) is 32.7 Å². The zero-order valence-corrected chi connectivity index (χ0v) is 12.0. The minimum Gasteiger partial charge on any atom is -0.385 e. The molecule has 0 radical (unpaired) electrons. The summed E-state index contributed by atoms with van der Waals surface area (Å²) in [5, 5.41) is 5.17. The van der Waals surface area contributed by atoms with Gasteiger partial charge in [0.1, 0.15) is 11.6 Å². The SMILES string of the molecule is COCCCNC(=O)CNc1cc(F)c(Br)cc1F. The molecule has 0 spiro atoms. The van der Waals surface area contributed by atoms with Gasteiger partial charge in [0.2, 0.25) is 5.91 Å². The smallest absolute Gasteiger partial charge is 0.239 e. The first-order valence-electron chi connectivity index (χ1n) is 5.68. The number of halogens is 3. The molecule has 1 aromatic carbocycles. The number of anilines is 1. The third-order valence-corrected chi connectivity index (χ3v) is 2.90. The number of carbonyl (C=O) groups excluding carboxylic acids is 1. The summed E-state index contributed by atoms with van der Waals surface area (Å²) in [7, 11) is 1.58. The molecule has 0 heterocycles. The van der Waals surface area contributed by atoms with Gasteiger partial charge in [0, 0.05) is 26.3 Å². The summed E-state index contributed by atoms with van der Waals surface area (Å²) in [4.78, 5) is 11.4. The van der Waals surface area contributed by atoms with Gasteiger partial charge in [0.05, 0.1) is 16.7 Å². The summed E-state index contributed by atoms with van der Waals surface area (Å²) in [6.45, 7) is 0.913. The van der Waals surface area contributed by atoms with Crippen molar-refractivity contribution in [1.82, 2.24) is 5.32 Å². The molecule has 19 heavy (non-hydrogen) atoms. The Morgan fingerprint density at radius 3 is 2.79 bits per heavy atom. The quantitative estimate of drug-likeness (QED) is 0.593. The zero-order chi connectivity index (χ0) is 14.3. The van der Waals surface area contributed by atoms with Gasteiger partial charge >= 0.3 is 0 Å². The maximum absolute atomic E-state index is 13.4. The number of amides is 1. The van der Waals surface area contributed by atoms with Gasteiger partial charge in [-0.3, -0.25) is 4.79 Å². The van der Waals surface area contributed by atoms with E-state index >= 15 is 0 Å². The van der Waals surface area contributed by atoms with Crippen LogP contribution in [0.2, 0.25) is 0 Å². The fourth-order valence-electron chi connectivity index (χ4n) is 1.34. The van der Waals surface area contributed by atoms with Crippen LogP contribution in [0.3, 0.4) is 0 Å². The largest absolute Gasteiger partial charge is 0.385 e. The summed E-state index contributed by atoms with van der Waals surface area (Å²) in [6.07, 6.45) is 0.698. The lowest BCUT2D eigenvalue weighted by molar-refractivity contribution is -0.119. The Morgan fingerprint density at radius 2 is 2.11 bits per heavy atom. The Morgan fingerprint density at radius 1 is 1.37 bits per heavy atom. The van der Waals surface area contributed by atoms with Crippen LogP contribution < -0.4 is 10.6 Å². The Hall–Kier alpha value is -1.21. The maximum Gasteiger partial charge on any atom is 0.239 e. The van der Waals surface area contributed by atoms with Crippen molar-refractivity contribution in [3.05, 3.63) is 28.2 Å². The van der Waals surface area contributed by atoms with Gasteiger partial charge in [0.25, 0.3) is 0 Å². The van der Waals surface area contributed by atoms with Crippen LogP contribution in [0, 0.1) is 11.6 Å². The number of hydrogen-bond acceptors (Lipinski definition) is 3. The number of benzene rings is 1.